The van der Waals surface area contributed by atoms with E-state index in [0.717, 1.165) is 34.4 Å². The van der Waals surface area contributed by atoms with Crippen molar-refractivity contribution in [3.05, 3.63) is 51.0 Å². The summed E-state index contributed by atoms with van der Waals surface area (Å²) in [5.41, 5.74) is 0.906. The fourth-order valence-corrected chi connectivity index (χ4v) is 4.01. The van der Waals surface area contributed by atoms with Gasteiger partial charge in [0.2, 0.25) is 5.91 Å². The number of carbonyl (C=O) groups excluding carboxylic acids is 1. The van der Waals surface area contributed by atoms with Crippen molar-refractivity contribution in [1.82, 2.24) is 19.0 Å². The van der Waals surface area contributed by atoms with Gasteiger partial charge in [-0.3, -0.25) is 18.7 Å². The van der Waals surface area contributed by atoms with E-state index < -0.39 is 11.2 Å². The number of hydrogen-bond acceptors (Lipinski definition) is 7. The molecule has 0 saturated carbocycles. The second-order valence-corrected chi connectivity index (χ2v) is 7.71. The maximum atomic E-state index is 12.7. The number of likely N-dealkylation sites (tertiary alicyclic amines) is 1. The van der Waals surface area contributed by atoms with E-state index in [1.807, 2.05) is 24.3 Å². The molecule has 3 heterocycles. The zero-order chi connectivity index (χ0) is 22.1. The average molecular weight is 426 g/mol. The van der Waals surface area contributed by atoms with Crippen LogP contribution in [-0.4, -0.2) is 51.6 Å². The lowest BCUT2D eigenvalue weighted by Crippen LogP contribution is -2.43. The summed E-state index contributed by atoms with van der Waals surface area (Å²) in [6.45, 7) is 1.15. The molecule has 3 aromatic rings. The molecule has 1 fully saturated rings. The molecule has 10 nitrogen and oxygen atoms in total. The predicted octanol–water partition coefficient (Wildman–Crippen LogP) is 1.09. The van der Waals surface area contributed by atoms with Gasteiger partial charge in [0.05, 0.1) is 6.54 Å². The largest absolute Gasteiger partial charge is 0.440 e. The van der Waals surface area contributed by atoms with Crippen molar-refractivity contribution in [3.8, 4) is 0 Å². The van der Waals surface area contributed by atoms with Crippen LogP contribution < -0.4 is 21.9 Å². The van der Waals surface area contributed by atoms with Crippen LogP contribution in [0.5, 0.6) is 0 Å². The average Bonchev–Trinajstić information content (AvgIpc) is 3.23. The Morgan fingerprint density at radius 3 is 2.55 bits per heavy atom. The first kappa shape index (κ1) is 20.7. The maximum Gasteiger partial charge on any atom is 0.332 e. The topological polar surface area (TPSA) is 114 Å². The maximum absolute atomic E-state index is 12.7. The van der Waals surface area contributed by atoms with E-state index in [1.54, 1.807) is 19.0 Å². The van der Waals surface area contributed by atoms with E-state index in [1.165, 1.54) is 11.6 Å². The molecule has 0 aliphatic carbocycles. The minimum atomic E-state index is -0.477. The predicted molar refractivity (Wildman–Crippen MR) is 118 cm³/mol. The SMILES string of the molecule is CNc1c(NCC(=O)N2CCC(c3nc4ccccc4o3)CC2)c(=O)n(C)c(=O)n1C. The van der Waals surface area contributed by atoms with Crippen molar-refractivity contribution >= 4 is 28.5 Å². The molecule has 0 unspecified atom stereocenters. The van der Waals surface area contributed by atoms with Crippen LogP contribution in [-0.2, 0) is 18.9 Å². The van der Waals surface area contributed by atoms with E-state index in [9.17, 15) is 14.4 Å². The lowest BCUT2D eigenvalue weighted by atomic mass is 9.97. The lowest BCUT2D eigenvalue weighted by molar-refractivity contribution is -0.130. The van der Waals surface area contributed by atoms with Gasteiger partial charge >= 0.3 is 5.69 Å². The van der Waals surface area contributed by atoms with Gasteiger partial charge in [-0.2, -0.15) is 0 Å². The minimum absolute atomic E-state index is 0.0321. The number of benzene rings is 1. The van der Waals surface area contributed by atoms with Gasteiger partial charge in [0, 0.05) is 40.2 Å². The molecule has 0 radical (unpaired) electrons. The molecule has 164 valence electrons. The number of nitrogens with one attached hydrogen (secondary N) is 2. The van der Waals surface area contributed by atoms with Crippen molar-refractivity contribution in [2.45, 2.75) is 18.8 Å². The molecular formula is C21H26N6O4. The summed E-state index contributed by atoms with van der Waals surface area (Å²) < 4.78 is 8.23. The van der Waals surface area contributed by atoms with Gasteiger partial charge in [-0.05, 0) is 25.0 Å². The summed E-state index contributed by atoms with van der Waals surface area (Å²) in [6.07, 6.45) is 1.53. The first-order valence-corrected chi connectivity index (χ1v) is 10.3. The van der Waals surface area contributed by atoms with Crippen LogP contribution in [0.2, 0.25) is 0 Å². The Kier molecular flexibility index (Phi) is 5.53. The minimum Gasteiger partial charge on any atom is -0.440 e. The quantitative estimate of drug-likeness (QED) is 0.628. The third-order valence-electron chi connectivity index (χ3n) is 5.83. The van der Waals surface area contributed by atoms with Gasteiger partial charge in [0.15, 0.2) is 11.5 Å². The van der Waals surface area contributed by atoms with Crippen LogP contribution in [0.25, 0.3) is 11.1 Å². The van der Waals surface area contributed by atoms with Gasteiger partial charge in [-0.25, -0.2) is 9.78 Å². The zero-order valence-electron chi connectivity index (χ0n) is 17.8. The fourth-order valence-electron chi connectivity index (χ4n) is 4.01. The number of anilines is 2. The van der Waals surface area contributed by atoms with E-state index in [0.29, 0.717) is 18.9 Å². The number of carbonyl (C=O) groups is 1. The molecule has 1 saturated heterocycles. The van der Waals surface area contributed by atoms with E-state index >= 15 is 0 Å². The van der Waals surface area contributed by atoms with E-state index in [-0.39, 0.29) is 24.1 Å². The third-order valence-corrected chi connectivity index (χ3v) is 5.83. The number of nitrogens with zero attached hydrogens (tertiary/aromatic N) is 4. The number of hydrogen-bond donors (Lipinski definition) is 2. The van der Waals surface area contributed by atoms with Gasteiger partial charge in [-0.15, -0.1) is 0 Å². The third kappa shape index (κ3) is 3.80. The van der Waals surface area contributed by atoms with E-state index in [2.05, 4.69) is 15.6 Å². The van der Waals surface area contributed by atoms with Crippen LogP contribution in [0.15, 0.2) is 38.3 Å². The zero-order valence-corrected chi connectivity index (χ0v) is 17.8. The lowest BCUT2D eigenvalue weighted by Gasteiger charge is -2.30. The number of para-hydroxylation sites is 2. The molecule has 1 aliphatic heterocycles. The van der Waals surface area contributed by atoms with Crippen molar-refractivity contribution < 1.29 is 9.21 Å². The molecule has 4 rings (SSSR count). The first-order valence-electron chi connectivity index (χ1n) is 10.3. The summed E-state index contributed by atoms with van der Waals surface area (Å²) in [7, 11) is 4.60. The molecule has 1 aliphatic rings. The highest BCUT2D eigenvalue weighted by molar-refractivity contribution is 5.82. The number of rotatable bonds is 5. The summed E-state index contributed by atoms with van der Waals surface area (Å²) in [5, 5.41) is 5.78. The molecule has 2 N–H and O–H groups in total. The number of aromatic nitrogens is 3. The van der Waals surface area contributed by atoms with Crippen LogP contribution in [0.1, 0.15) is 24.7 Å². The number of amides is 1. The highest BCUT2D eigenvalue weighted by atomic mass is 16.3. The van der Waals surface area contributed by atoms with Crippen LogP contribution in [0.3, 0.4) is 0 Å². The molecule has 0 atom stereocenters. The Labute approximate surface area is 178 Å². The molecule has 0 bridgehead atoms. The van der Waals surface area contributed by atoms with Crippen LogP contribution >= 0.6 is 0 Å². The molecule has 2 aromatic heterocycles. The van der Waals surface area contributed by atoms with Gasteiger partial charge < -0.3 is 20.0 Å². The molecular weight excluding hydrogens is 400 g/mol. The smallest absolute Gasteiger partial charge is 0.332 e. The van der Waals surface area contributed by atoms with Crippen LogP contribution in [0.4, 0.5) is 11.5 Å². The number of oxazole rings is 1. The number of piperidine rings is 1. The van der Waals surface area contributed by atoms with Crippen molar-refractivity contribution in [2.75, 3.05) is 37.3 Å². The van der Waals surface area contributed by atoms with Crippen molar-refractivity contribution in [3.63, 3.8) is 0 Å². The Morgan fingerprint density at radius 1 is 1.16 bits per heavy atom. The second-order valence-electron chi connectivity index (χ2n) is 7.71. The Morgan fingerprint density at radius 2 is 1.87 bits per heavy atom. The van der Waals surface area contributed by atoms with Gasteiger partial charge in [0.25, 0.3) is 5.56 Å². The monoisotopic (exact) mass is 426 g/mol. The second kappa shape index (κ2) is 8.29. The Bertz CT molecular complexity index is 1200. The Hall–Kier alpha value is -3.56. The van der Waals surface area contributed by atoms with Crippen LogP contribution in [0, 0.1) is 0 Å². The molecule has 0 spiro atoms. The molecule has 10 heteroatoms. The van der Waals surface area contributed by atoms with Gasteiger partial charge in [0.1, 0.15) is 17.0 Å². The number of fused-ring (bicyclic) bond motifs is 1. The van der Waals surface area contributed by atoms with E-state index in [4.69, 9.17) is 4.42 Å². The molecule has 1 aromatic carbocycles. The summed E-state index contributed by atoms with van der Waals surface area (Å²) in [5.74, 6) is 1.14. The highest BCUT2D eigenvalue weighted by Gasteiger charge is 2.27. The van der Waals surface area contributed by atoms with Crippen molar-refractivity contribution in [1.29, 1.82) is 0 Å². The summed E-state index contributed by atoms with van der Waals surface area (Å²) >= 11 is 0. The Balaban J connectivity index is 1.40. The van der Waals surface area contributed by atoms with Gasteiger partial charge in [-0.1, -0.05) is 12.1 Å². The van der Waals surface area contributed by atoms with Crippen molar-refractivity contribution in [2.24, 2.45) is 14.1 Å². The summed E-state index contributed by atoms with van der Waals surface area (Å²) in [6, 6.07) is 7.68. The standard InChI is InChI=1S/C21H26N6O4/c1-22-18-17(20(29)26(3)21(30)25(18)2)23-12-16(28)27-10-8-13(9-11-27)19-24-14-6-4-5-7-15(14)31-19/h4-7,13,22-23H,8-12H2,1-3H3. The molecule has 31 heavy (non-hydrogen) atoms. The highest BCUT2D eigenvalue weighted by Crippen LogP contribution is 2.30. The first-order chi connectivity index (χ1) is 14.9. The molecule has 1 amide bonds. The summed E-state index contributed by atoms with van der Waals surface area (Å²) in [4.78, 5) is 43.7. The normalized spacial score (nSPS) is 14.7. The fraction of sp³-hybridized carbons (Fsp3) is 0.429.